The molecule has 0 saturated heterocycles. The highest BCUT2D eigenvalue weighted by molar-refractivity contribution is 7.45. The fourth-order valence-corrected chi connectivity index (χ4v) is 8.23. The average Bonchev–Trinajstić information content (AvgIpc) is 3.33. The minimum Gasteiger partial charge on any atom is -0.756 e. The summed E-state index contributed by atoms with van der Waals surface area (Å²) in [7, 11) is 1.34. The van der Waals surface area contributed by atoms with Crippen LogP contribution in [-0.2, 0) is 27.9 Å². The summed E-state index contributed by atoms with van der Waals surface area (Å²) in [5.74, 6) is -0.344. The van der Waals surface area contributed by atoms with Crippen molar-refractivity contribution in [2.45, 2.75) is 225 Å². The second-order valence-corrected chi connectivity index (χ2v) is 21.3. The molecule has 408 valence electrons. The van der Waals surface area contributed by atoms with E-state index < -0.39 is 13.9 Å². The Morgan fingerprint density at radius 2 is 0.775 bits per heavy atom. The van der Waals surface area contributed by atoms with Crippen LogP contribution in [-0.4, -0.2) is 70.7 Å². The molecule has 0 aliphatic rings. The molecule has 0 aromatic heterocycles. The van der Waals surface area contributed by atoms with Crippen LogP contribution < -0.4 is 4.89 Å². The van der Waals surface area contributed by atoms with Gasteiger partial charge in [0.25, 0.3) is 7.82 Å². The van der Waals surface area contributed by atoms with Crippen molar-refractivity contribution in [3.63, 3.8) is 0 Å². The number of hydrogen-bond donors (Lipinski definition) is 0. The minimum atomic E-state index is -4.55. The second-order valence-electron chi connectivity index (χ2n) is 19.9. The van der Waals surface area contributed by atoms with Crippen molar-refractivity contribution in [3.05, 3.63) is 109 Å². The molecule has 0 aliphatic carbocycles. The third-order valence-electron chi connectivity index (χ3n) is 11.8. The van der Waals surface area contributed by atoms with Gasteiger partial charge in [-0.15, -0.1) is 0 Å². The molecule has 0 amide bonds. The van der Waals surface area contributed by atoms with Crippen LogP contribution in [0.5, 0.6) is 0 Å². The van der Waals surface area contributed by atoms with Crippen molar-refractivity contribution >= 4 is 13.8 Å². The third-order valence-corrected chi connectivity index (χ3v) is 12.8. The number of nitrogens with zero attached hydrogens (tertiary/aromatic N) is 1. The van der Waals surface area contributed by atoms with Gasteiger partial charge in [0.05, 0.1) is 34.4 Å². The zero-order valence-corrected chi connectivity index (χ0v) is 47.3. The van der Waals surface area contributed by atoms with Gasteiger partial charge in [-0.25, -0.2) is 0 Å². The molecule has 9 heteroatoms. The number of carbonyl (C=O) groups is 1. The normalized spacial score (nSPS) is 14.3. The Labute approximate surface area is 438 Å². The molecule has 0 bridgehead atoms. The smallest absolute Gasteiger partial charge is 0.306 e. The van der Waals surface area contributed by atoms with Gasteiger partial charge >= 0.3 is 5.97 Å². The summed E-state index contributed by atoms with van der Waals surface area (Å²) in [5, 5.41) is 0. The lowest BCUT2D eigenvalue weighted by molar-refractivity contribution is -0.870. The molecule has 0 radical (unpaired) electrons. The zero-order valence-electron chi connectivity index (χ0n) is 46.4. The van der Waals surface area contributed by atoms with Gasteiger partial charge in [-0.05, 0) is 96.3 Å². The highest BCUT2D eigenvalue weighted by Gasteiger charge is 2.20. The topological polar surface area (TPSA) is 94.1 Å². The SMILES string of the molecule is CC/C=C\C/C=C\C/C=C\C/C=C\C/C=C\CCCCCCCCCCCC(=O)OC(COCCCCCCCCCCCCC/C=C\C/C=C\C/C=C\C/C=C\CC)COP(=O)([O-])OCC[N+](C)(C)C. The molecular weight excluding hydrogens is 902 g/mol. The van der Waals surface area contributed by atoms with E-state index in [4.69, 9.17) is 18.5 Å². The number of hydrogen-bond acceptors (Lipinski definition) is 7. The third kappa shape index (κ3) is 57.9. The maximum Gasteiger partial charge on any atom is 0.306 e. The molecule has 0 aliphatic heterocycles. The lowest BCUT2D eigenvalue weighted by atomic mass is 10.1. The summed E-state index contributed by atoms with van der Waals surface area (Å²) in [4.78, 5) is 25.3. The van der Waals surface area contributed by atoms with E-state index in [1.54, 1.807) is 0 Å². The molecule has 0 N–H and O–H groups in total. The highest BCUT2D eigenvalue weighted by atomic mass is 31.2. The van der Waals surface area contributed by atoms with Crippen molar-refractivity contribution < 1.29 is 37.3 Å². The van der Waals surface area contributed by atoms with E-state index in [1.807, 2.05) is 21.1 Å². The first-order valence-corrected chi connectivity index (χ1v) is 30.1. The number of unbranched alkanes of at least 4 members (excludes halogenated alkanes) is 20. The Morgan fingerprint density at radius 3 is 1.15 bits per heavy atom. The predicted octanol–water partition coefficient (Wildman–Crippen LogP) is 17.7. The number of phosphoric ester groups is 1. The maximum absolute atomic E-state index is 12.8. The van der Waals surface area contributed by atoms with E-state index in [9.17, 15) is 14.3 Å². The van der Waals surface area contributed by atoms with Gasteiger partial charge in [0.15, 0.2) is 0 Å². The molecule has 2 unspecified atom stereocenters. The van der Waals surface area contributed by atoms with Gasteiger partial charge in [0, 0.05) is 13.0 Å². The van der Waals surface area contributed by atoms with Gasteiger partial charge < -0.3 is 27.9 Å². The highest BCUT2D eigenvalue weighted by Crippen LogP contribution is 2.38. The van der Waals surface area contributed by atoms with Crippen LogP contribution in [0.15, 0.2) is 109 Å². The lowest BCUT2D eigenvalue weighted by Crippen LogP contribution is -2.37. The molecule has 0 fully saturated rings. The number of phosphoric acid groups is 1. The van der Waals surface area contributed by atoms with Crippen LogP contribution in [0, 0.1) is 0 Å². The monoisotopic (exact) mass is 1010 g/mol. The summed E-state index contributed by atoms with van der Waals surface area (Å²) in [5.41, 5.74) is 0. The Balaban J connectivity index is 4.12. The summed E-state index contributed by atoms with van der Waals surface area (Å²) >= 11 is 0. The van der Waals surface area contributed by atoms with Gasteiger partial charge in [-0.3, -0.25) is 9.36 Å². The first-order chi connectivity index (χ1) is 34.6. The zero-order chi connectivity index (χ0) is 51.9. The fraction of sp³-hybridized carbons (Fsp3) is 0.694. The van der Waals surface area contributed by atoms with Gasteiger partial charge in [-0.2, -0.15) is 0 Å². The molecule has 2 atom stereocenters. The number of rotatable bonds is 52. The van der Waals surface area contributed by atoms with Crippen molar-refractivity contribution in [3.8, 4) is 0 Å². The molecule has 0 spiro atoms. The number of esters is 1. The maximum atomic E-state index is 12.8. The largest absolute Gasteiger partial charge is 0.756 e. The summed E-state index contributed by atoms with van der Waals surface area (Å²) < 4.78 is 34.9. The van der Waals surface area contributed by atoms with E-state index >= 15 is 0 Å². The lowest BCUT2D eigenvalue weighted by Gasteiger charge is -2.28. The molecule has 0 aromatic rings. The van der Waals surface area contributed by atoms with Gasteiger partial charge in [0.1, 0.15) is 19.3 Å². The number of carbonyl (C=O) groups excluding carboxylic acids is 1. The summed E-state index contributed by atoms with van der Waals surface area (Å²) in [6.45, 7) is 5.17. The van der Waals surface area contributed by atoms with Crippen molar-refractivity contribution in [2.75, 3.05) is 54.1 Å². The van der Waals surface area contributed by atoms with E-state index in [-0.39, 0.29) is 25.8 Å². The van der Waals surface area contributed by atoms with Crippen molar-refractivity contribution in [1.29, 1.82) is 0 Å². The van der Waals surface area contributed by atoms with Crippen LogP contribution in [0.25, 0.3) is 0 Å². The van der Waals surface area contributed by atoms with Crippen LogP contribution in [0.1, 0.15) is 219 Å². The van der Waals surface area contributed by atoms with E-state index in [0.717, 1.165) is 96.3 Å². The second kappa shape index (κ2) is 53.5. The van der Waals surface area contributed by atoms with Gasteiger partial charge in [-0.1, -0.05) is 226 Å². The first-order valence-electron chi connectivity index (χ1n) is 28.6. The predicted molar refractivity (Wildman–Crippen MR) is 304 cm³/mol. The van der Waals surface area contributed by atoms with Crippen LogP contribution in [0.4, 0.5) is 0 Å². The van der Waals surface area contributed by atoms with E-state index in [2.05, 4.69) is 123 Å². The molecule has 0 aromatic carbocycles. The quantitative estimate of drug-likeness (QED) is 0.0197. The van der Waals surface area contributed by atoms with Crippen LogP contribution in [0.2, 0.25) is 0 Å². The number of likely N-dealkylation sites (N-methyl/N-ethyl adjacent to an activating group) is 1. The molecule has 0 rings (SSSR count). The van der Waals surface area contributed by atoms with Crippen molar-refractivity contribution in [2.24, 2.45) is 0 Å². The number of ether oxygens (including phenoxy) is 2. The number of quaternary nitrogens is 1. The summed E-state index contributed by atoms with van der Waals surface area (Å²) in [6.07, 6.45) is 75.5. The first kappa shape index (κ1) is 68.2. The van der Waals surface area contributed by atoms with Crippen LogP contribution in [0.3, 0.4) is 0 Å². The fourth-order valence-electron chi connectivity index (χ4n) is 7.51. The molecule has 71 heavy (non-hydrogen) atoms. The molecule has 8 nitrogen and oxygen atoms in total. The molecule has 0 saturated carbocycles. The standard InChI is InChI=1S/C62H108NO7P/c1-6-8-10-12-14-16-18-20-22-24-26-28-30-32-33-35-37-39-41-43-45-47-49-51-53-55-62(64)70-61(60-69-71(65,66)68-58-56-63(3,4)5)59-67-57-54-52-50-48-46-44-42-40-38-36-34-31-29-27-25-23-21-19-17-15-13-11-9-7-2/h8-11,14-17,20-23,26-29,32-33,61H,6-7,12-13,18-19,24-25,30-31,34-60H2,1-5H3/b10-8-,11-9-,16-14-,17-15-,22-20-,23-21-,28-26-,29-27-,33-32-. The number of allylic oxidation sites excluding steroid dienone is 18. The molecular formula is C62H108NO7P. The summed E-state index contributed by atoms with van der Waals surface area (Å²) in [6, 6.07) is 0. The van der Waals surface area contributed by atoms with Gasteiger partial charge in [0.2, 0.25) is 0 Å². The Hall–Kier alpha value is -2.84. The Bertz CT molecular complexity index is 1500. The molecule has 0 heterocycles. The Kier molecular flexibility index (Phi) is 51.3. The van der Waals surface area contributed by atoms with E-state index in [0.29, 0.717) is 24.1 Å². The van der Waals surface area contributed by atoms with Crippen LogP contribution >= 0.6 is 7.82 Å². The van der Waals surface area contributed by atoms with Crippen molar-refractivity contribution in [1.82, 2.24) is 0 Å². The van der Waals surface area contributed by atoms with E-state index in [1.165, 1.54) is 103 Å². The Morgan fingerprint density at radius 1 is 0.437 bits per heavy atom. The average molecular weight is 1010 g/mol. The minimum absolute atomic E-state index is 0.0186.